The number of carbonyl (C=O) groups excluding carboxylic acids is 4. The Hall–Kier alpha value is -5.37. The number of carbonyl (C=O) groups is 4. The zero-order chi connectivity index (χ0) is 36.8. The number of nitrogens with one attached hydrogen (secondary N) is 3. The maximum Gasteiger partial charge on any atom is 0.259 e. The van der Waals surface area contributed by atoms with Gasteiger partial charge >= 0.3 is 0 Å². The number of aromatic nitrogens is 2. The number of hydrogen-bond donors (Lipinski definition) is 3. The number of nitrogens with zero attached hydrogens (tertiary/aromatic N) is 4. The van der Waals surface area contributed by atoms with Gasteiger partial charge in [-0.25, -0.2) is 9.37 Å². The summed E-state index contributed by atoms with van der Waals surface area (Å²) in [5.74, 6) is -4.01. The molecule has 1 unspecified atom stereocenters. The SMILES string of the molecule is CN1CCC[C@@H]1c1cc2cnc(NC(=O)c3ccc(OCCC4CCN(c5cccc6c5CN(C5CCC(=O)NC5=O)C6=O)CC4)c(F)c3F)cc2[nH]1. The van der Waals surface area contributed by atoms with E-state index < -0.39 is 35.1 Å². The second kappa shape index (κ2) is 14.2. The fraction of sp³-hybridized carbons (Fsp3) is 0.410. The van der Waals surface area contributed by atoms with Gasteiger partial charge in [0.05, 0.1) is 17.7 Å². The average molecular weight is 726 g/mol. The fourth-order valence-electron chi connectivity index (χ4n) is 8.27. The van der Waals surface area contributed by atoms with Crippen molar-refractivity contribution in [3.05, 3.63) is 82.7 Å². The first-order valence-electron chi connectivity index (χ1n) is 18.3. The van der Waals surface area contributed by atoms with Crippen LogP contribution >= 0.6 is 0 Å². The predicted octanol–water partition coefficient (Wildman–Crippen LogP) is 5.31. The molecule has 6 heterocycles. The molecule has 3 saturated heterocycles. The summed E-state index contributed by atoms with van der Waals surface area (Å²) in [5, 5.41) is 5.83. The van der Waals surface area contributed by atoms with Crippen LogP contribution in [0.4, 0.5) is 20.3 Å². The van der Waals surface area contributed by atoms with Crippen molar-refractivity contribution in [3.8, 4) is 5.75 Å². The average Bonchev–Trinajstić information content (AvgIpc) is 3.86. The Balaban J connectivity index is 0.837. The molecule has 2 aromatic heterocycles. The van der Waals surface area contributed by atoms with Crippen LogP contribution in [-0.4, -0.2) is 82.7 Å². The summed E-state index contributed by atoms with van der Waals surface area (Å²) in [6, 6.07) is 11.5. The zero-order valence-electron chi connectivity index (χ0n) is 29.4. The lowest BCUT2D eigenvalue weighted by molar-refractivity contribution is -0.136. The summed E-state index contributed by atoms with van der Waals surface area (Å²) in [6.07, 6.45) is 6.67. The standard InChI is InChI=1S/C39H41F2N7O5/c1-46-14-3-6-30(46)28-18-23-20-42-33(19-27(23)43-28)44-37(50)25-7-9-32(36(41)35(25)40)53-17-13-22-11-15-47(16-12-22)29-5-2-4-24-26(29)21-48(39(24)52)31-8-10-34(49)45-38(31)51/h2,4-5,7,9,18-20,22,30-31,43H,3,6,8,10-17,21H2,1H3,(H,42,44,50)(H,45,49,51)/t30-,31?/m1/s1. The topological polar surface area (TPSA) is 140 Å². The molecule has 0 aliphatic carbocycles. The highest BCUT2D eigenvalue weighted by Crippen LogP contribution is 2.37. The minimum atomic E-state index is -1.29. The highest BCUT2D eigenvalue weighted by molar-refractivity contribution is 6.06. The van der Waals surface area contributed by atoms with Gasteiger partial charge in [0, 0.05) is 72.3 Å². The number of benzene rings is 2. The van der Waals surface area contributed by atoms with Crippen molar-refractivity contribution in [2.24, 2.45) is 5.92 Å². The highest BCUT2D eigenvalue weighted by Gasteiger charge is 2.40. The van der Waals surface area contributed by atoms with Gasteiger partial charge in [-0.2, -0.15) is 4.39 Å². The van der Waals surface area contributed by atoms with Crippen LogP contribution in [0.25, 0.3) is 10.9 Å². The number of pyridine rings is 1. The smallest absolute Gasteiger partial charge is 0.259 e. The van der Waals surface area contributed by atoms with Gasteiger partial charge in [-0.05, 0) is 88.4 Å². The molecular weight excluding hydrogens is 684 g/mol. The van der Waals surface area contributed by atoms with Gasteiger partial charge in [0.2, 0.25) is 17.6 Å². The molecule has 8 rings (SSSR count). The van der Waals surface area contributed by atoms with Gasteiger partial charge < -0.3 is 24.8 Å². The van der Waals surface area contributed by atoms with E-state index in [1.807, 2.05) is 12.1 Å². The van der Waals surface area contributed by atoms with Gasteiger partial charge in [0.1, 0.15) is 11.9 Å². The van der Waals surface area contributed by atoms with Crippen molar-refractivity contribution in [2.75, 3.05) is 43.5 Å². The summed E-state index contributed by atoms with van der Waals surface area (Å²) >= 11 is 0. The van der Waals surface area contributed by atoms with Crippen molar-refractivity contribution in [1.29, 1.82) is 0 Å². The Morgan fingerprint density at radius 1 is 1.00 bits per heavy atom. The summed E-state index contributed by atoms with van der Waals surface area (Å²) in [6.45, 7) is 3.01. The third-order valence-corrected chi connectivity index (χ3v) is 11.2. The van der Waals surface area contributed by atoms with Crippen molar-refractivity contribution in [3.63, 3.8) is 0 Å². The van der Waals surface area contributed by atoms with E-state index in [9.17, 15) is 19.2 Å². The predicted molar refractivity (Wildman–Crippen MR) is 193 cm³/mol. The molecule has 4 aliphatic heterocycles. The lowest BCUT2D eigenvalue weighted by atomic mass is 9.93. The minimum Gasteiger partial charge on any atom is -0.490 e. The number of imide groups is 1. The molecule has 4 aromatic rings. The van der Waals surface area contributed by atoms with Crippen LogP contribution in [0.1, 0.15) is 83.0 Å². The molecule has 4 amide bonds. The number of rotatable bonds is 9. The Morgan fingerprint density at radius 2 is 1.83 bits per heavy atom. The number of fused-ring (bicyclic) bond motifs is 2. The van der Waals surface area contributed by atoms with E-state index in [4.69, 9.17) is 4.74 Å². The lowest BCUT2D eigenvalue weighted by Crippen LogP contribution is -2.52. The quantitative estimate of drug-likeness (QED) is 0.198. The van der Waals surface area contributed by atoms with E-state index in [2.05, 4.69) is 43.5 Å². The zero-order valence-corrected chi connectivity index (χ0v) is 29.4. The molecular formula is C39H41F2N7O5. The number of anilines is 2. The first-order valence-corrected chi connectivity index (χ1v) is 18.3. The molecule has 0 saturated carbocycles. The maximum absolute atomic E-state index is 15.1. The van der Waals surface area contributed by atoms with Crippen LogP contribution < -0.4 is 20.3 Å². The molecule has 0 spiro atoms. The number of H-pyrrole nitrogens is 1. The molecule has 53 heavy (non-hydrogen) atoms. The largest absolute Gasteiger partial charge is 0.490 e. The molecule has 4 aliphatic rings. The molecule has 0 bridgehead atoms. The number of halogens is 2. The van der Waals surface area contributed by atoms with E-state index in [0.717, 1.165) is 73.2 Å². The van der Waals surface area contributed by atoms with E-state index in [0.29, 0.717) is 36.9 Å². The summed E-state index contributed by atoms with van der Waals surface area (Å²) in [7, 11) is 2.09. The molecule has 0 radical (unpaired) electrons. The van der Waals surface area contributed by atoms with Crippen molar-refractivity contribution < 1.29 is 32.7 Å². The lowest BCUT2D eigenvalue weighted by Gasteiger charge is -2.35. The van der Waals surface area contributed by atoms with E-state index in [1.54, 1.807) is 23.2 Å². The molecule has 2 atom stereocenters. The number of piperidine rings is 2. The van der Waals surface area contributed by atoms with Crippen LogP contribution in [-0.2, 0) is 16.1 Å². The first kappa shape index (κ1) is 34.7. The monoisotopic (exact) mass is 725 g/mol. The first-order chi connectivity index (χ1) is 25.6. The second-order valence-corrected chi connectivity index (χ2v) is 14.5. The van der Waals surface area contributed by atoms with Crippen LogP contribution in [0.2, 0.25) is 0 Å². The van der Waals surface area contributed by atoms with Crippen molar-refractivity contribution in [2.45, 2.75) is 63.6 Å². The number of amides is 4. The highest BCUT2D eigenvalue weighted by atomic mass is 19.2. The van der Waals surface area contributed by atoms with Crippen LogP contribution in [0.5, 0.6) is 5.75 Å². The van der Waals surface area contributed by atoms with Crippen LogP contribution in [0.15, 0.2) is 48.7 Å². The number of ether oxygens (including phenoxy) is 1. The third-order valence-electron chi connectivity index (χ3n) is 11.2. The van der Waals surface area contributed by atoms with Crippen molar-refractivity contribution >= 4 is 46.0 Å². The third kappa shape index (κ3) is 6.71. The molecule has 12 nitrogen and oxygen atoms in total. The van der Waals surface area contributed by atoms with Crippen molar-refractivity contribution in [1.82, 2.24) is 25.1 Å². The van der Waals surface area contributed by atoms with Gasteiger partial charge in [-0.3, -0.25) is 29.4 Å². The number of likely N-dealkylation sites (tertiary alicyclic amines) is 1. The normalized spacial score (nSPS) is 21.0. The van der Waals surface area contributed by atoms with Crippen LogP contribution in [0, 0.1) is 17.6 Å². The Morgan fingerprint density at radius 3 is 2.60 bits per heavy atom. The molecule has 2 aromatic carbocycles. The molecule has 3 N–H and O–H groups in total. The van der Waals surface area contributed by atoms with Gasteiger partial charge in [-0.15, -0.1) is 0 Å². The Labute approximate surface area is 304 Å². The van der Waals surface area contributed by atoms with Gasteiger partial charge in [0.15, 0.2) is 11.6 Å². The Kier molecular flexibility index (Phi) is 9.31. The van der Waals surface area contributed by atoms with Gasteiger partial charge in [-0.1, -0.05) is 6.07 Å². The molecule has 276 valence electrons. The van der Waals surface area contributed by atoms with E-state index in [1.165, 1.54) is 12.1 Å². The van der Waals surface area contributed by atoms with E-state index >= 15 is 8.78 Å². The molecule has 14 heteroatoms. The number of aromatic amines is 1. The maximum atomic E-state index is 15.1. The Bertz CT molecular complexity index is 2110. The number of hydrogen-bond acceptors (Lipinski definition) is 8. The van der Waals surface area contributed by atoms with E-state index in [-0.39, 0.29) is 36.4 Å². The van der Waals surface area contributed by atoms with Crippen LogP contribution in [0.3, 0.4) is 0 Å². The summed E-state index contributed by atoms with van der Waals surface area (Å²) < 4.78 is 35.9. The fourth-order valence-corrected chi connectivity index (χ4v) is 8.27. The minimum absolute atomic E-state index is 0.182. The second-order valence-electron chi connectivity index (χ2n) is 14.5. The van der Waals surface area contributed by atoms with Gasteiger partial charge in [0.25, 0.3) is 11.8 Å². The molecule has 3 fully saturated rings. The summed E-state index contributed by atoms with van der Waals surface area (Å²) in [4.78, 5) is 64.2. The summed E-state index contributed by atoms with van der Waals surface area (Å²) in [5.41, 5.74) is 3.86.